The van der Waals surface area contributed by atoms with Crippen LogP contribution in [0.25, 0.3) is 0 Å². The van der Waals surface area contributed by atoms with Crippen molar-refractivity contribution in [2.24, 2.45) is 5.92 Å². The van der Waals surface area contributed by atoms with Gasteiger partial charge in [-0.1, -0.05) is 41.9 Å². The lowest BCUT2D eigenvalue weighted by Gasteiger charge is -2.29. The molecule has 31 heavy (non-hydrogen) atoms. The highest BCUT2D eigenvalue weighted by atomic mass is 35.5. The van der Waals surface area contributed by atoms with Gasteiger partial charge in [-0.05, 0) is 54.1 Å². The highest BCUT2D eigenvalue weighted by Gasteiger charge is 2.60. The minimum atomic E-state index is -0.917. The quantitative estimate of drug-likeness (QED) is 0.570. The molecule has 2 aliphatic heterocycles. The molecule has 2 amide bonds. The van der Waals surface area contributed by atoms with E-state index in [1.807, 2.05) is 54.6 Å². The van der Waals surface area contributed by atoms with Crippen LogP contribution in [0.1, 0.15) is 11.6 Å². The molecule has 0 radical (unpaired) electrons. The molecule has 156 valence electrons. The van der Waals surface area contributed by atoms with Gasteiger partial charge in [-0.15, -0.1) is 0 Å². The third-order valence-electron chi connectivity index (χ3n) is 5.65. The zero-order valence-electron chi connectivity index (χ0n) is 16.6. The molecule has 2 aliphatic rings. The number of ether oxygens (including phenoxy) is 1. The van der Waals surface area contributed by atoms with Crippen LogP contribution in [0, 0.1) is 5.92 Å². The van der Waals surface area contributed by atoms with E-state index in [0.717, 1.165) is 11.3 Å². The topological polar surface area (TPSA) is 59.1 Å². The molecule has 0 spiro atoms. The van der Waals surface area contributed by atoms with Crippen molar-refractivity contribution in [2.75, 3.05) is 17.1 Å². The molecule has 2 saturated heterocycles. The Morgan fingerprint density at radius 1 is 0.871 bits per heavy atom. The molecule has 5 rings (SSSR count). The fourth-order valence-corrected chi connectivity index (χ4v) is 4.35. The second kappa shape index (κ2) is 7.72. The molecule has 6 nitrogen and oxygen atoms in total. The van der Waals surface area contributed by atoms with Crippen LogP contribution in [-0.4, -0.2) is 25.0 Å². The first-order valence-electron chi connectivity index (χ1n) is 9.87. The minimum absolute atomic E-state index is 0.302. The van der Waals surface area contributed by atoms with Crippen LogP contribution in [0.4, 0.5) is 11.4 Å². The molecule has 7 heteroatoms. The Labute approximate surface area is 184 Å². The van der Waals surface area contributed by atoms with E-state index >= 15 is 0 Å². The highest BCUT2D eigenvalue weighted by molar-refractivity contribution is 6.31. The molecular formula is C24H19ClN2O4. The van der Waals surface area contributed by atoms with Gasteiger partial charge < -0.3 is 4.74 Å². The first-order chi connectivity index (χ1) is 15.1. The zero-order chi connectivity index (χ0) is 21.5. The molecule has 2 fully saturated rings. The Bertz CT molecular complexity index is 1140. The highest BCUT2D eigenvalue weighted by Crippen LogP contribution is 2.48. The van der Waals surface area contributed by atoms with Gasteiger partial charge in [0.2, 0.25) is 5.91 Å². The van der Waals surface area contributed by atoms with Crippen LogP contribution in [0.15, 0.2) is 78.9 Å². The standard InChI is InChI=1S/C24H19ClN2O4/c1-30-19-9-5-6-15(14-19)21-20-22(31-27(21)18-7-3-2-4-8-18)24(29)26(23(20)28)17-12-10-16(25)11-13-17/h2-14,20-22H,1H3. The number of amides is 2. The summed E-state index contributed by atoms with van der Waals surface area (Å²) in [5.41, 5.74) is 2.08. The number of benzene rings is 3. The monoisotopic (exact) mass is 434 g/mol. The van der Waals surface area contributed by atoms with Gasteiger partial charge in [0.1, 0.15) is 11.7 Å². The van der Waals surface area contributed by atoms with Gasteiger partial charge >= 0.3 is 0 Å². The van der Waals surface area contributed by atoms with Crippen LogP contribution in [0.2, 0.25) is 5.02 Å². The Morgan fingerprint density at radius 3 is 2.32 bits per heavy atom. The maximum Gasteiger partial charge on any atom is 0.266 e. The first-order valence-corrected chi connectivity index (χ1v) is 10.2. The molecule has 2 heterocycles. The number of imide groups is 1. The number of methoxy groups -OCH3 is 1. The third-order valence-corrected chi connectivity index (χ3v) is 5.90. The second-order valence-corrected chi connectivity index (χ2v) is 7.86. The summed E-state index contributed by atoms with van der Waals surface area (Å²) in [6.07, 6.45) is -0.917. The molecule has 0 N–H and O–H groups in total. The number of carbonyl (C=O) groups is 2. The molecule has 3 unspecified atom stereocenters. The number of rotatable bonds is 4. The summed E-state index contributed by atoms with van der Waals surface area (Å²) < 4.78 is 5.38. The van der Waals surface area contributed by atoms with Crippen LogP contribution >= 0.6 is 11.6 Å². The van der Waals surface area contributed by atoms with Crippen molar-refractivity contribution in [3.63, 3.8) is 0 Å². The van der Waals surface area contributed by atoms with Crippen LogP contribution in [0.5, 0.6) is 5.75 Å². The van der Waals surface area contributed by atoms with E-state index in [2.05, 4.69) is 0 Å². The number of fused-ring (bicyclic) bond motifs is 1. The van der Waals surface area contributed by atoms with Gasteiger partial charge in [0.15, 0.2) is 6.10 Å². The maximum atomic E-state index is 13.5. The summed E-state index contributed by atoms with van der Waals surface area (Å²) >= 11 is 5.97. The Morgan fingerprint density at radius 2 is 1.61 bits per heavy atom. The number of hydroxylamine groups is 1. The summed E-state index contributed by atoms with van der Waals surface area (Å²) in [7, 11) is 1.59. The van der Waals surface area contributed by atoms with Crippen molar-refractivity contribution >= 4 is 34.8 Å². The van der Waals surface area contributed by atoms with Gasteiger partial charge in [-0.2, -0.15) is 0 Å². The number of para-hydroxylation sites is 1. The maximum absolute atomic E-state index is 13.5. The van der Waals surface area contributed by atoms with Crippen molar-refractivity contribution in [3.05, 3.63) is 89.4 Å². The zero-order valence-corrected chi connectivity index (χ0v) is 17.4. The summed E-state index contributed by atoms with van der Waals surface area (Å²) in [5, 5.41) is 2.20. The lowest BCUT2D eigenvalue weighted by atomic mass is 9.90. The van der Waals surface area contributed by atoms with E-state index in [1.165, 1.54) is 4.90 Å². The van der Waals surface area contributed by atoms with E-state index in [9.17, 15) is 9.59 Å². The number of halogens is 1. The molecule has 3 atom stereocenters. The predicted molar refractivity (Wildman–Crippen MR) is 117 cm³/mol. The third kappa shape index (κ3) is 3.24. The lowest BCUT2D eigenvalue weighted by molar-refractivity contribution is -0.126. The Balaban J connectivity index is 1.59. The number of anilines is 2. The largest absolute Gasteiger partial charge is 0.497 e. The number of hydrogen-bond donors (Lipinski definition) is 0. The van der Waals surface area contributed by atoms with E-state index in [1.54, 1.807) is 36.4 Å². The van der Waals surface area contributed by atoms with Gasteiger partial charge in [0, 0.05) is 5.02 Å². The normalized spacial score (nSPS) is 22.7. The molecular weight excluding hydrogens is 416 g/mol. The molecule has 0 bridgehead atoms. The van der Waals surface area contributed by atoms with Crippen LogP contribution in [0.3, 0.4) is 0 Å². The first kappa shape index (κ1) is 19.6. The average Bonchev–Trinajstić information content (AvgIpc) is 3.31. The van der Waals surface area contributed by atoms with E-state index < -0.39 is 18.1 Å². The summed E-state index contributed by atoms with van der Waals surface area (Å²) in [4.78, 5) is 34.1. The van der Waals surface area contributed by atoms with Crippen molar-refractivity contribution in [1.82, 2.24) is 0 Å². The summed E-state index contributed by atoms with van der Waals surface area (Å²) in [6, 6.07) is 23.1. The fourth-order valence-electron chi connectivity index (χ4n) is 4.22. The van der Waals surface area contributed by atoms with Crippen molar-refractivity contribution < 1.29 is 19.2 Å². The van der Waals surface area contributed by atoms with Crippen molar-refractivity contribution in [1.29, 1.82) is 0 Å². The predicted octanol–water partition coefficient (Wildman–Crippen LogP) is 4.40. The number of carbonyl (C=O) groups excluding carboxylic acids is 2. The van der Waals surface area contributed by atoms with E-state index in [-0.39, 0.29) is 11.8 Å². The summed E-state index contributed by atoms with van der Waals surface area (Å²) in [6.45, 7) is 0. The Hall–Kier alpha value is -3.35. The molecule has 0 saturated carbocycles. The van der Waals surface area contributed by atoms with E-state index in [0.29, 0.717) is 16.5 Å². The van der Waals surface area contributed by atoms with Crippen molar-refractivity contribution in [2.45, 2.75) is 12.1 Å². The summed E-state index contributed by atoms with van der Waals surface area (Å²) in [5.74, 6) is -0.719. The van der Waals surface area contributed by atoms with Crippen LogP contribution < -0.4 is 14.7 Å². The van der Waals surface area contributed by atoms with E-state index in [4.69, 9.17) is 21.2 Å². The van der Waals surface area contributed by atoms with Gasteiger partial charge in [0.05, 0.1) is 24.5 Å². The smallest absolute Gasteiger partial charge is 0.266 e. The SMILES string of the molecule is COc1cccc(C2C3C(=O)N(c4ccc(Cl)cc4)C(=O)C3ON2c2ccccc2)c1. The van der Waals surface area contributed by atoms with Gasteiger partial charge in [-0.3, -0.25) is 14.4 Å². The molecule has 0 aliphatic carbocycles. The lowest BCUT2D eigenvalue weighted by Crippen LogP contribution is -2.37. The number of hydrogen-bond acceptors (Lipinski definition) is 5. The Kier molecular flexibility index (Phi) is 4.88. The molecule has 3 aromatic rings. The fraction of sp³-hybridized carbons (Fsp3) is 0.167. The van der Waals surface area contributed by atoms with Gasteiger partial charge in [0.25, 0.3) is 5.91 Å². The number of nitrogens with zero attached hydrogens (tertiary/aromatic N) is 2. The minimum Gasteiger partial charge on any atom is -0.497 e. The molecule has 3 aromatic carbocycles. The average molecular weight is 435 g/mol. The second-order valence-electron chi connectivity index (χ2n) is 7.42. The molecule has 0 aromatic heterocycles. The van der Waals surface area contributed by atoms with Crippen molar-refractivity contribution in [3.8, 4) is 5.75 Å². The van der Waals surface area contributed by atoms with Gasteiger partial charge in [-0.25, -0.2) is 9.96 Å². The van der Waals surface area contributed by atoms with Crippen LogP contribution in [-0.2, 0) is 14.4 Å².